The van der Waals surface area contributed by atoms with Gasteiger partial charge in [0.15, 0.2) is 0 Å². The van der Waals surface area contributed by atoms with E-state index in [1.807, 2.05) is 0 Å². The summed E-state index contributed by atoms with van der Waals surface area (Å²) in [5, 5.41) is 5.46. The summed E-state index contributed by atoms with van der Waals surface area (Å²) in [5.74, 6) is -1.33. The Bertz CT molecular complexity index is 569. The summed E-state index contributed by atoms with van der Waals surface area (Å²) >= 11 is 0. The van der Waals surface area contributed by atoms with Crippen molar-refractivity contribution in [2.24, 2.45) is 11.0 Å². The van der Waals surface area contributed by atoms with Gasteiger partial charge in [0, 0.05) is 12.1 Å². The lowest BCUT2D eigenvalue weighted by atomic mass is 9.98. The first-order valence-electron chi connectivity index (χ1n) is 6.83. The van der Waals surface area contributed by atoms with Crippen LogP contribution in [-0.2, 0) is 14.3 Å². The highest BCUT2D eigenvalue weighted by molar-refractivity contribution is 6.14. The predicted molar refractivity (Wildman–Crippen MR) is 76.4 cm³/mol. The number of hydrogen-bond acceptors (Lipinski definition) is 4. The van der Waals surface area contributed by atoms with Gasteiger partial charge >= 0.3 is 5.97 Å². The van der Waals surface area contributed by atoms with Crippen LogP contribution >= 0.6 is 0 Å². The summed E-state index contributed by atoms with van der Waals surface area (Å²) in [4.78, 5) is 23.7. The minimum atomic E-state index is -0.431. The molecular formula is C15H17FN2O3. The van der Waals surface area contributed by atoms with Crippen LogP contribution in [0.1, 0.15) is 26.7 Å². The highest BCUT2D eigenvalue weighted by atomic mass is 19.1. The fourth-order valence-corrected chi connectivity index (χ4v) is 2.20. The van der Waals surface area contributed by atoms with Gasteiger partial charge in [-0.1, -0.05) is 0 Å². The van der Waals surface area contributed by atoms with E-state index in [4.69, 9.17) is 4.74 Å². The van der Waals surface area contributed by atoms with Crippen LogP contribution in [0.3, 0.4) is 0 Å². The summed E-state index contributed by atoms with van der Waals surface area (Å²) in [6.07, 6.45) is 0.541. The van der Waals surface area contributed by atoms with E-state index in [0.717, 1.165) is 0 Å². The van der Waals surface area contributed by atoms with Gasteiger partial charge in [-0.15, -0.1) is 0 Å². The number of nitrogens with zero attached hydrogens (tertiary/aromatic N) is 2. The molecule has 1 aromatic rings. The third-order valence-corrected chi connectivity index (χ3v) is 3.28. The molecule has 0 N–H and O–H groups in total. The number of anilines is 1. The Morgan fingerprint density at radius 3 is 2.67 bits per heavy atom. The molecule has 21 heavy (non-hydrogen) atoms. The van der Waals surface area contributed by atoms with Crippen molar-refractivity contribution in [3.8, 4) is 0 Å². The Morgan fingerprint density at radius 1 is 1.38 bits per heavy atom. The number of hydrazone groups is 1. The third-order valence-electron chi connectivity index (χ3n) is 3.28. The van der Waals surface area contributed by atoms with Crippen molar-refractivity contribution in [2.75, 3.05) is 11.6 Å². The fraction of sp³-hybridized carbons (Fsp3) is 0.400. The smallest absolute Gasteiger partial charge is 0.305 e. The standard InChI is InChI=1S/C15H17FN2O3/c1-3-21-14(19)9-8-13-10(2)17-18(15(13)20)12-6-4-11(16)5-7-12/h4-7,13H,3,8-9H2,1-2H3. The second kappa shape index (κ2) is 6.47. The normalized spacial score (nSPS) is 17.9. The first-order valence-corrected chi connectivity index (χ1v) is 6.83. The maximum atomic E-state index is 12.9. The Morgan fingerprint density at radius 2 is 2.05 bits per heavy atom. The topological polar surface area (TPSA) is 59.0 Å². The Kier molecular flexibility index (Phi) is 4.67. The SMILES string of the molecule is CCOC(=O)CCC1C(=O)N(c2ccc(F)cc2)N=C1C. The van der Waals surface area contributed by atoms with E-state index in [1.165, 1.54) is 29.3 Å². The molecule has 5 nitrogen and oxygen atoms in total. The van der Waals surface area contributed by atoms with Crippen molar-refractivity contribution >= 4 is 23.3 Å². The number of esters is 1. The second-order valence-electron chi connectivity index (χ2n) is 4.76. The summed E-state index contributed by atoms with van der Waals surface area (Å²) in [6.45, 7) is 3.81. The number of hydrogen-bond donors (Lipinski definition) is 0. The highest BCUT2D eigenvalue weighted by Gasteiger charge is 2.34. The molecule has 0 bridgehead atoms. The van der Waals surface area contributed by atoms with Crippen LogP contribution in [0.2, 0.25) is 0 Å². The third kappa shape index (κ3) is 3.45. The number of carbonyl (C=O) groups excluding carboxylic acids is 2. The van der Waals surface area contributed by atoms with Crippen molar-refractivity contribution in [3.63, 3.8) is 0 Å². The zero-order valence-corrected chi connectivity index (χ0v) is 12.0. The van der Waals surface area contributed by atoms with E-state index >= 15 is 0 Å². The fourth-order valence-electron chi connectivity index (χ4n) is 2.20. The van der Waals surface area contributed by atoms with Crippen molar-refractivity contribution in [1.29, 1.82) is 0 Å². The lowest BCUT2D eigenvalue weighted by molar-refractivity contribution is -0.143. The predicted octanol–water partition coefficient (Wildman–Crippen LogP) is 2.51. The molecule has 1 aliphatic heterocycles. The minimum absolute atomic E-state index is 0.175. The van der Waals surface area contributed by atoms with Crippen LogP contribution in [0.25, 0.3) is 0 Å². The van der Waals surface area contributed by atoms with Crippen molar-refractivity contribution in [3.05, 3.63) is 30.1 Å². The van der Waals surface area contributed by atoms with E-state index in [9.17, 15) is 14.0 Å². The van der Waals surface area contributed by atoms with E-state index in [1.54, 1.807) is 13.8 Å². The molecule has 0 fully saturated rings. The number of halogens is 1. The molecular weight excluding hydrogens is 275 g/mol. The number of rotatable bonds is 5. The molecule has 0 aromatic heterocycles. The molecule has 1 aromatic carbocycles. The maximum absolute atomic E-state index is 12.9. The molecule has 112 valence electrons. The number of ether oxygens (including phenoxy) is 1. The molecule has 0 spiro atoms. The molecule has 1 amide bonds. The number of amides is 1. The summed E-state index contributed by atoms with van der Waals surface area (Å²) < 4.78 is 17.8. The average molecular weight is 292 g/mol. The van der Waals surface area contributed by atoms with Gasteiger partial charge < -0.3 is 4.74 Å². The van der Waals surface area contributed by atoms with E-state index < -0.39 is 5.92 Å². The Hall–Kier alpha value is -2.24. The summed E-state index contributed by atoms with van der Waals surface area (Å²) in [6, 6.07) is 5.55. The lowest BCUT2D eigenvalue weighted by Gasteiger charge is -2.14. The van der Waals surface area contributed by atoms with Gasteiger partial charge in [0.25, 0.3) is 5.91 Å². The lowest BCUT2D eigenvalue weighted by Crippen LogP contribution is -2.27. The van der Waals surface area contributed by atoms with Crippen LogP contribution in [0, 0.1) is 11.7 Å². The number of benzene rings is 1. The average Bonchev–Trinajstić information content (AvgIpc) is 2.73. The van der Waals surface area contributed by atoms with E-state index in [2.05, 4.69) is 5.10 Å². The maximum Gasteiger partial charge on any atom is 0.305 e. The monoisotopic (exact) mass is 292 g/mol. The van der Waals surface area contributed by atoms with Crippen LogP contribution in [0.5, 0.6) is 0 Å². The summed E-state index contributed by atoms with van der Waals surface area (Å²) in [5.41, 5.74) is 1.16. The van der Waals surface area contributed by atoms with Crippen molar-refractivity contribution in [1.82, 2.24) is 0 Å². The zero-order chi connectivity index (χ0) is 15.4. The first-order chi connectivity index (χ1) is 10.0. The molecule has 6 heteroatoms. The van der Waals surface area contributed by atoms with Crippen LogP contribution in [0.15, 0.2) is 29.4 Å². The molecule has 1 aliphatic rings. The van der Waals surface area contributed by atoms with Gasteiger partial charge in [-0.3, -0.25) is 9.59 Å². The van der Waals surface area contributed by atoms with E-state index in [-0.39, 0.29) is 24.1 Å². The van der Waals surface area contributed by atoms with Gasteiger partial charge in [0.1, 0.15) is 5.82 Å². The van der Waals surface area contributed by atoms with Crippen LogP contribution in [0.4, 0.5) is 10.1 Å². The van der Waals surface area contributed by atoms with Gasteiger partial charge in [-0.05, 0) is 44.5 Å². The van der Waals surface area contributed by atoms with Crippen LogP contribution in [-0.4, -0.2) is 24.2 Å². The van der Waals surface area contributed by atoms with Gasteiger partial charge in [-0.25, -0.2) is 9.40 Å². The molecule has 0 radical (unpaired) electrons. The van der Waals surface area contributed by atoms with Gasteiger partial charge in [0.05, 0.1) is 18.2 Å². The largest absolute Gasteiger partial charge is 0.466 e. The minimum Gasteiger partial charge on any atom is -0.466 e. The molecule has 1 atom stereocenters. The molecule has 1 heterocycles. The van der Waals surface area contributed by atoms with E-state index in [0.29, 0.717) is 24.4 Å². The Balaban J connectivity index is 2.04. The number of carbonyl (C=O) groups is 2. The zero-order valence-electron chi connectivity index (χ0n) is 12.0. The van der Waals surface area contributed by atoms with Gasteiger partial charge in [-0.2, -0.15) is 5.10 Å². The first kappa shape index (κ1) is 15.2. The molecule has 0 aliphatic carbocycles. The molecule has 2 rings (SSSR count). The molecule has 0 saturated carbocycles. The molecule has 1 unspecified atom stereocenters. The van der Waals surface area contributed by atoms with Gasteiger partial charge in [0.2, 0.25) is 0 Å². The second-order valence-corrected chi connectivity index (χ2v) is 4.76. The quantitative estimate of drug-likeness (QED) is 0.783. The Labute approximate surface area is 122 Å². The highest BCUT2D eigenvalue weighted by Crippen LogP contribution is 2.26. The molecule has 0 saturated heterocycles. The van der Waals surface area contributed by atoms with Crippen molar-refractivity contribution < 1.29 is 18.7 Å². The van der Waals surface area contributed by atoms with Crippen molar-refractivity contribution in [2.45, 2.75) is 26.7 Å². The van der Waals surface area contributed by atoms with Crippen LogP contribution < -0.4 is 5.01 Å². The summed E-state index contributed by atoms with van der Waals surface area (Å²) in [7, 11) is 0.